The molecule has 0 unspecified atom stereocenters. The van der Waals surface area contributed by atoms with Crippen LogP contribution in [0, 0.1) is 27.7 Å². The lowest BCUT2D eigenvalue weighted by molar-refractivity contribution is 0.649. The lowest BCUT2D eigenvalue weighted by Gasteiger charge is -2.06. The number of rotatable bonds is 4. The van der Waals surface area contributed by atoms with Gasteiger partial charge in [-0.15, -0.1) is 0 Å². The van der Waals surface area contributed by atoms with Crippen molar-refractivity contribution in [3.63, 3.8) is 0 Å². The molecule has 0 aliphatic heterocycles. The average molecular weight is 296 g/mol. The van der Waals surface area contributed by atoms with Gasteiger partial charge in [-0.1, -0.05) is 24.3 Å². The maximum atomic E-state index is 4.39. The Bertz CT molecular complexity index is 714. The summed E-state index contributed by atoms with van der Waals surface area (Å²) < 4.78 is 3.85. The van der Waals surface area contributed by atoms with Crippen molar-refractivity contribution in [3.8, 4) is 0 Å². The number of aryl methyl sites for hydroxylation is 4. The quantitative estimate of drug-likeness (QED) is 0.740. The summed E-state index contributed by atoms with van der Waals surface area (Å²) in [7, 11) is 0. The molecule has 0 fully saturated rings. The Labute approximate surface area is 129 Å². The van der Waals surface area contributed by atoms with Crippen molar-refractivity contribution in [1.82, 2.24) is 29.5 Å². The molecule has 0 amide bonds. The Balaban J connectivity index is 1.72. The van der Waals surface area contributed by atoms with Crippen molar-refractivity contribution in [3.05, 3.63) is 58.7 Å². The van der Waals surface area contributed by atoms with Crippen molar-refractivity contribution in [1.29, 1.82) is 0 Å². The molecule has 0 radical (unpaired) electrons. The molecular formula is C16H20N6. The zero-order valence-electron chi connectivity index (χ0n) is 13.4. The second-order valence-corrected chi connectivity index (χ2v) is 5.54. The fourth-order valence-electron chi connectivity index (χ4n) is 2.52. The molecule has 22 heavy (non-hydrogen) atoms. The van der Waals surface area contributed by atoms with Crippen LogP contribution in [0.15, 0.2) is 24.3 Å². The highest BCUT2D eigenvalue weighted by Crippen LogP contribution is 2.09. The molecule has 6 nitrogen and oxygen atoms in total. The van der Waals surface area contributed by atoms with E-state index in [0.717, 1.165) is 36.4 Å². The van der Waals surface area contributed by atoms with E-state index in [2.05, 4.69) is 44.4 Å². The SMILES string of the molecule is Cc1nc(C)n(Cc2ccc(Cn3nc(C)nc3C)cc2)n1. The predicted octanol–water partition coefficient (Wildman–Crippen LogP) is 2.20. The van der Waals surface area contributed by atoms with Crippen LogP contribution in [0.4, 0.5) is 0 Å². The van der Waals surface area contributed by atoms with Crippen LogP contribution in [0.1, 0.15) is 34.4 Å². The van der Waals surface area contributed by atoms with Gasteiger partial charge < -0.3 is 0 Å². The molecule has 0 N–H and O–H groups in total. The minimum absolute atomic E-state index is 0.744. The molecule has 0 saturated heterocycles. The topological polar surface area (TPSA) is 61.4 Å². The van der Waals surface area contributed by atoms with Crippen LogP contribution >= 0.6 is 0 Å². The Morgan fingerprint density at radius 2 is 1.05 bits per heavy atom. The summed E-state index contributed by atoms with van der Waals surface area (Å²) in [4.78, 5) is 8.65. The van der Waals surface area contributed by atoms with Gasteiger partial charge in [-0.3, -0.25) is 0 Å². The van der Waals surface area contributed by atoms with Gasteiger partial charge in [0.25, 0.3) is 0 Å². The molecule has 0 bridgehead atoms. The minimum atomic E-state index is 0.744. The number of aromatic nitrogens is 6. The lowest BCUT2D eigenvalue weighted by atomic mass is 10.1. The lowest BCUT2D eigenvalue weighted by Crippen LogP contribution is -2.06. The summed E-state index contributed by atoms with van der Waals surface area (Å²) in [5.74, 6) is 3.50. The largest absolute Gasteiger partial charge is 0.246 e. The van der Waals surface area contributed by atoms with E-state index in [1.807, 2.05) is 37.1 Å². The zero-order chi connectivity index (χ0) is 15.7. The maximum absolute atomic E-state index is 4.39. The van der Waals surface area contributed by atoms with E-state index in [4.69, 9.17) is 0 Å². The fraction of sp³-hybridized carbons (Fsp3) is 0.375. The van der Waals surface area contributed by atoms with Crippen LogP contribution in [0.2, 0.25) is 0 Å². The third-order valence-corrected chi connectivity index (χ3v) is 3.61. The van der Waals surface area contributed by atoms with Crippen LogP contribution in [-0.2, 0) is 13.1 Å². The molecule has 2 aromatic heterocycles. The standard InChI is InChI=1S/C16H20N6/c1-11-17-13(3)21(19-11)9-15-5-7-16(8-6-15)10-22-14(4)18-12(2)20-22/h5-8H,9-10H2,1-4H3. The molecule has 0 atom stereocenters. The second-order valence-electron chi connectivity index (χ2n) is 5.54. The van der Waals surface area contributed by atoms with Crippen molar-refractivity contribution >= 4 is 0 Å². The first-order valence-electron chi connectivity index (χ1n) is 7.35. The van der Waals surface area contributed by atoms with E-state index >= 15 is 0 Å². The first-order valence-corrected chi connectivity index (χ1v) is 7.35. The van der Waals surface area contributed by atoms with Gasteiger partial charge in [-0.25, -0.2) is 19.3 Å². The molecule has 1 aromatic carbocycles. The van der Waals surface area contributed by atoms with Crippen molar-refractivity contribution in [2.45, 2.75) is 40.8 Å². The highest BCUT2D eigenvalue weighted by Gasteiger charge is 2.05. The fourth-order valence-corrected chi connectivity index (χ4v) is 2.52. The Kier molecular flexibility index (Phi) is 3.75. The van der Waals surface area contributed by atoms with E-state index in [1.54, 1.807) is 0 Å². The van der Waals surface area contributed by atoms with Gasteiger partial charge >= 0.3 is 0 Å². The van der Waals surface area contributed by atoms with Crippen LogP contribution in [0.5, 0.6) is 0 Å². The number of hydrogen-bond donors (Lipinski definition) is 0. The zero-order valence-corrected chi connectivity index (χ0v) is 13.4. The van der Waals surface area contributed by atoms with E-state index in [0.29, 0.717) is 0 Å². The third-order valence-electron chi connectivity index (χ3n) is 3.61. The third kappa shape index (κ3) is 3.05. The van der Waals surface area contributed by atoms with E-state index in [-0.39, 0.29) is 0 Å². The summed E-state index contributed by atoms with van der Waals surface area (Å²) in [6.45, 7) is 9.27. The maximum Gasteiger partial charge on any atom is 0.147 e. The highest BCUT2D eigenvalue weighted by molar-refractivity contribution is 5.23. The Morgan fingerprint density at radius 3 is 1.32 bits per heavy atom. The number of hydrogen-bond acceptors (Lipinski definition) is 4. The van der Waals surface area contributed by atoms with Gasteiger partial charge in [-0.2, -0.15) is 10.2 Å². The summed E-state index contributed by atoms with van der Waals surface area (Å²) in [6.07, 6.45) is 0. The molecule has 0 aliphatic carbocycles. The smallest absolute Gasteiger partial charge is 0.147 e. The van der Waals surface area contributed by atoms with E-state index in [9.17, 15) is 0 Å². The van der Waals surface area contributed by atoms with Crippen LogP contribution < -0.4 is 0 Å². The van der Waals surface area contributed by atoms with Crippen molar-refractivity contribution in [2.75, 3.05) is 0 Å². The first kappa shape index (κ1) is 14.4. The molecule has 6 heteroatoms. The molecule has 3 rings (SSSR count). The van der Waals surface area contributed by atoms with Gasteiger partial charge in [0.1, 0.15) is 23.3 Å². The van der Waals surface area contributed by atoms with Gasteiger partial charge in [0, 0.05) is 0 Å². The average Bonchev–Trinajstić information content (AvgIpc) is 2.94. The Hall–Kier alpha value is -2.50. The van der Waals surface area contributed by atoms with Gasteiger partial charge in [-0.05, 0) is 38.8 Å². The molecule has 3 aromatic rings. The van der Waals surface area contributed by atoms with Crippen LogP contribution in [0.25, 0.3) is 0 Å². The number of nitrogens with zero attached hydrogens (tertiary/aromatic N) is 6. The van der Waals surface area contributed by atoms with E-state index in [1.165, 1.54) is 11.1 Å². The number of benzene rings is 1. The second kappa shape index (κ2) is 5.71. The summed E-state index contributed by atoms with van der Waals surface area (Å²) >= 11 is 0. The van der Waals surface area contributed by atoms with Crippen LogP contribution in [-0.4, -0.2) is 29.5 Å². The first-order chi connectivity index (χ1) is 10.5. The molecular weight excluding hydrogens is 276 g/mol. The molecule has 0 spiro atoms. The van der Waals surface area contributed by atoms with Gasteiger partial charge in [0.05, 0.1) is 13.1 Å². The monoisotopic (exact) mass is 296 g/mol. The summed E-state index contributed by atoms with van der Waals surface area (Å²) in [6, 6.07) is 8.52. The van der Waals surface area contributed by atoms with Gasteiger partial charge in [0.2, 0.25) is 0 Å². The molecule has 2 heterocycles. The van der Waals surface area contributed by atoms with Crippen molar-refractivity contribution in [2.24, 2.45) is 0 Å². The van der Waals surface area contributed by atoms with Gasteiger partial charge in [0.15, 0.2) is 0 Å². The Morgan fingerprint density at radius 1 is 0.682 bits per heavy atom. The predicted molar refractivity (Wildman–Crippen MR) is 83.6 cm³/mol. The molecule has 114 valence electrons. The highest BCUT2D eigenvalue weighted by atomic mass is 15.3. The summed E-state index contributed by atoms with van der Waals surface area (Å²) in [5.41, 5.74) is 2.42. The van der Waals surface area contributed by atoms with Crippen LogP contribution in [0.3, 0.4) is 0 Å². The van der Waals surface area contributed by atoms with Crippen molar-refractivity contribution < 1.29 is 0 Å². The normalized spacial score (nSPS) is 11.1. The molecule has 0 saturated carbocycles. The molecule has 0 aliphatic rings. The summed E-state index contributed by atoms with van der Waals surface area (Å²) in [5, 5.41) is 8.79. The minimum Gasteiger partial charge on any atom is -0.246 e. The van der Waals surface area contributed by atoms with E-state index < -0.39 is 0 Å².